The van der Waals surface area contributed by atoms with Gasteiger partial charge in [0.2, 0.25) is 0 Å². The first-order valence-electron chi connectivity index (χ1n) is 6.01. The van der Waals surface area contributed by atoms with E-state index in [0.29, 0.717) is 17.7 Å². The van der Waals surface area contributed by atoms with Crippen molar-refractivity contribution in [1.29, 1.82) is 0 Å². The summed E-state index contributed by atoms with van der Waals surface area (Å²) in [5, 5.41) is 0. The van der Waals surface area contributed by atoms with Crippen molar-refractivity contribution in [3.05, 3.63) is 24.3 Å². The summed E-state index contributed by atoms with van der Waals surface area (Å²) in [6, 6.07) is 0.538. The van der Waals surface area contributed by atoms with E-state index in [0.717, 1.165) is 19.6 Å². The van der Waals surface area contributed by atoms with Gasteiger partial charge in [0.1, 0.15) is 5.69 Å². The number of nitrogens with zero attached hydrogens (tertiary/aromatic N) is 4. The second-order valence-electron chi connectivity index (χ2n) is 4.90. The molecule has 0 spiro atoms. The summed E-state index contributed by atoms with van der Waals surface area (Å²) >= 11 is 0. The van der Waals surface area contributed by atoms with Gasteiger partial charge in [-0.3, -0.25) is 9.78 Å². The number of carbonyl (C=O) groups excluding carboxylic acids is 1. The van der Waals surface area contributed by atoms with Crippen molar-refractivity contribution < 1.29 is 4.79 Å². The van der Waals surface area contributed by atoms with Gasteiger partial charge >= 0.3 is 0 Å². The van der Waals surface area contributed by atoms with E-state index in [-0.39, 0.29) is 5.91 Å². The summed E-state index contributed by atoms with van der Waals surface area (Å²) in [6.07, 6.45) is 5.89. The van der Waals surface area contributed by atoms with Crippen LogP contribution in [0.1, 0.15) is 16.9 Å². The van der Waals surface area contributed by atoms with Crippen LogP contribution in [0.25, 0.3) is 0 Å². The first kappa shape index (κ1) is 10.7. The second kappa shape index (κ2) is 4.07. The molecule has 0 N–H and O–H groups in total. The van der Waals surface area contributed by atoms with Gasteiger partial charge < -0.3 is 9.80 Å². The van der Waals surface area contributed by atoms with Gasteiger partial charge in [-0.2, -0.15) is 0 Å². The molecular weight excluding hydrogens is 216 g/mol. The molecule has 1 aromatic rings. The minimum Gasteiger partial charge on any atom is -0.335 e. The topological polar surface area (TPSA) is 49.3 Å². The van der Waals surface area contributed by atoms with Crippen molar-refractivity contribution >= 4 is 5.91 Å². The second-order valence-corrected chi connectivity index (χ2v) is 4.90. The van der Waals surface area contributed by atoms with Gasteiger partial charge in [-0.15, -0.1) is 0 Å². The van der Waals surface area contributed by atoms with E-state index >= 15 is 0 Å². The Morgan fingerprint density at radius 1 is 1.41 bits per heavy atom. The maximum absolute atomic E-state index is 12.2. The van der Waals surface area contributed by atoms with Gasteiger partial charge in [0, 0.05) is 31.5 Å². The standard InChI is InChI=1S/C12H16N4O/c1-15-5-2-9-7-16(8-11(9)15)12(17)10-6-13-3-4-14-10/h3-4,6,9,11H,2,5,7-8H2,1H3/t9-,11+/m0/s1. The third-order valence-corrected chi connectivity index (χ3v) is 3.89. The van der Waals surface area contributed by atoms with Gasteiger partial charge in [0.25, 0.3) is 5.91 Å². The Morgan fingerprint density at radius 2 is 2.29 bits per heavy atom. The first-order valence-corrected chi connectivity index (χ1v) is 6.01. The molecule has 90 valence electrons. The average Bonchev–Trinajstić information content (AvgIpc) is 2.92. The molecule has 5 heteroatoms. The van der Waals surface area contributed by atoms with Gasteiger partial charge in [-0.25, -0.2) is 4.98 Å². The zero-order chi connectivity index (χ0) is 11.8. The molecule has 2 fully saturated rings. The number of carbonyl (C=O) groups is 1. The van der Waals surface area contributed by atoms with Gasteiger partial charge in [0.05, 0.1) is 6.20 Å². The number of hydrogen-bond acceptors (Lipinski definition) is 4. The van der Waals surface area contributed by atoms with Crippen LogP contribution in [0, 0.1) is 5.92 Å². The SMILES string of the molecule is CN1CC[C@H]2CN(C(=O)c3cnccn3)C[C@H]21. The molecule has 5 nitrogen and oxygen atoms in total. The van der Waals surface area contributed by atoms with E-state index < -0.39 is 0 Å². The summed E-state index contributed by atoms with van der Waals surface area (Å²) in [7, 11) is 2.14. The number of rotatable bonds is 1. The molecule has 17 heavy (non-hydrogen) atoms. The highest BCUT2D eigenvalue weighted by Crippen LogP contribution is 2.30. The molecule has 2 atom stereocenters. The fraction of sp³-hybridized carbons (Fsp3) is 0.583. The normalized spacial score (nSPS) is 28.4. The van der Waals surface area contributed by atoms with Crippen LogP contribution in [0.15, 0.2) is 18.6 Å². The number of amides is 1. The monoisotopic (exact) mass is 232 g/mol. The molecule has 2 aliphatic heterocycles. The van der Waals surface area contributed by atoms with Gasteiger partial charge in [-0.1, -0.05) is 0 Å². The van der Waals surface area contributed by atoms with E-state index in [1.54, 1.807) is 18.6 Å². The maximum atomic E-state index is 12.2. The van der Waals surface area contributed by atoms with Gasteiger partial charge in [0.15, 0.2) is 0 Å². The third kappa shape index (κ3) is 1.80. The highest BCUT2D eigenvalue weighted by Gasteiger charge is 2.41. The quantitative estimate of drug-likeness (QED) is 0.696. The molecular formula is C12H16N4O. The molecule has 0 unspecified atom stereocenters. The van der Waals surface area contributed by atoms with Crippen LogP contribution in [0.2, 0.25) is 0 Å². The summed E-state index contributed by atoms with van der Waals surface area (Å²) in [5.74, 6) is 0.654. The van der Waals surface area contributed by atoms with E-state index in [1.165, 1.54) is 6.42 Å². The lowest BCUT2D eigenvalue weighted by Gasteiger charge is -2.20. The van der Waals surface area contributed by atoms with Crippen molar-refractivity contribution in [2.24, 2.45) is 5.92 Å². The molecule has 2 saturated heterocycles. The number of aromatic nitrogens is 2. The summed E-state index contributed by atoms with van der Waals surface area (Å²) in [6.45, 7) is 2.85. The fourth-order valence-electron chi connectivity index (χ4n) is 2.91. The lowest BCUT2D eigenvalue weighted by molar-refractivity contribution is 0.0768. The Hall–Kier alpha value is -1.49. The summed E-state index contributed by atoms with van der Waals surface area (Å²) in [5.41, 5.74) is 0.454. The molecule has 0 aliphatic carbocycles. The smallest absolute Gasteiger partial charge is 0.274 e. The van der Waals surface area contributed by atoms with Crippen molar-refractivity contribution in [3.63, 3.8) is 0 Å². The van der Waals surface area contributed by atoms with Crippen LogP contribution in [0.4, 0.5) is 0 Å². The molecule has 0 aromatic carbocycles. The Balaban J connectivity index is 1.73. The van der Waals surface area contributed by atoms with E-state index in [1.807, 2.05) is 4.90 Å². The van der Waals surface area contributed by atoms with E-state index in [4.69, 9.17) is 0 Å². The van der Waals surface area contributed by atoms with Crippen LogP contribution in [0.3, 0.4) is 0 Å². The largest absolute Gasteiger partial charge is 0.335 e. The first-order chi connectivity index (χ1) is 8.25. The predicted octanol–water partition coefficient (Wildman–Crippen LogP) is 0.253. The Morgan fingerprint density at radius 3 is 3.00 bits per heavy atom. The van der Waals surface area contributed by atoms with Crippen molar-refractivity contribution in [2.75, 3.05) is 26.7 Å². The molecule has 3 rings (SSSR count). The molecule has 0 saturated carbocycles. The van der Waals surface area contributed by atoms with Crippen LogP contribution >= 0.6 is 0 Å². The van der Waals surface area contributed by atoms with E-state index in [9.17, 15) is 4.79 Å². The molecule has 0 radical (unpaired) electrons. The molecule has 2 aliphatic rings. The third-order valence-electron chi connectivity index (χ3n) is 3.89. The Kier molecular flexibility index (Phi) is 2.55. The summed E-state index contributed by atoms with van der Waals surface area (Å²) < 4.78 is 0. The van der Waals surface area contributed by atoms with Crippen LogP contribution < -0.4 is 0 Å². The van der Waals surface area contributed by atoms with Crippen molar-refractivity contribution in [1.82, 2.24) is 19.8 Å². The molecule has 1 amide bonds. The maximum Gasteiger partial charge on any atom is 0.274 e. The highest BCUT2D eigenvalue weighted by atomic mass is 16.2. The number of likely N-dealkylation sites (N-methyl/N-ethyl adjacent to an activating group) is 1. The van der Waals surface area contributed by atoms with E-state index in [2.05, 4.69) is 21.9 Å². The number of likely N-dealkylation sites (tertiary alicyclic amines) is 2. The van der Waals surface area contributed by atoms with Gasteiger partial charge in [-0.05, 0) is 25.9 Å². The Bertz CT molecular complexity index is 422. The van der Waals surface area contributed by atoms with Crippen LogP contribution in [-0.4, -0.2) is 58.4 Å². The van der Waals surface area contributed by atoms with Crippen molar-refractivity contribution in [2.45, 2.75) is 12.5 Å². The lowest BCUT2D eigenvalue weighted by Crippen LogP contribution is -2.35. The molecule has 3 heterocycles. The van der Waals surface area contributed by atoms with Crippen molar-refractivity contribution in [3.8, 4) is 0 Å². The highest BCUT2D eigenvalue weighted by molar-refractivity contribution is 5.92. The van der Waals surface area contributed by atoms with Crippen LogP contribution in [0.5, 0.6) is 0 Å². The number of fused-ring (bicyclic) bond motifs is 1. The summed E-state index contributed by atoms with van der Waals surface area (Å²) in [4.78, 5) is 24.5. The zero-order valence-electron chi connectivity index (χ0n) is 9.91. The van der Waals surface area contributed by atoms with Crippen LogP contribution in [-0.2, 0) is 0 Å². The predicted molar refractivity (Wildman–Crippen MR) is 62.5 cm³/mol. The fourth-order valence-corrected chi connectivity index (χ4v) is 2.91. The zero-order valence-corrected chi connectivity index (χ0v) is 9.91. The lowest BCUT2D eigenvalue weighted by atomic mass is 10.1. The minimum absolute atomic E-state index is 0.0147. The minimum atomic E-state index is 0.0147. The number of hydrogen-bond donors (Lipinski definition) is 0. The average molecular weight is 232 g/mol. The Labute approximate surface area is 100 Å². The molecule has 0 bridgehead atoms. The molecule has 1 aromatic heterocycles.